The van der Waals surface area contributed by atoms with E-state index in [9.17, 15) is 8.42 Å². The van der Waals surface area contributed by atoms with E-state index >= 15 is 0 Å². The van der Waals surface area contributed by atoms with E-state index in [1.165, 1.54) is 0 Å². The first kappa shape index (κ1) is 20.8. The minimum Gasteiger partial charge on any atom is -0.645 e. The van der Waals surface area contributed by atoms with Crippen molar-refractivity contribution < 1.29 is 16.9 Å². The zero-order valence-corrected chi connectivity index (χ0v) is 18.6. The Morgan fingerprint density at radius 3 is 1.54 bits per heavy atom. The van der Waals surface area contributed by atoms with Crippen molar-refractivity contribution in [3.8, 4) is 11.5 Å². The molecule has 0 fully saturated rings. The standard InChI is InChI=1S/C16H18O4S.C4H9.Al.H/c1-16(2,3)20-13-6-10-15(11-7-13)21(18,19)14-8-4-12(17)5-9-14;1-4(2)3;;/h4-11,17H,1-3H3;1-3H3;;/q;;+1;/p-1. The average Bonchev–Trinajstić information content (AvgIpc) is 2.52. The van der Waals surface area contributed by atoms with Crippen molar-refractivity contribution in [2.45, 2.75) is 61.2 Å². The van der Waals surface area contributed by atoms with Crippen molar-refractivity contribution >= 4 is 25.4 Å². The molecule has 0 spiro atoms. The number of ether oxygens (including phenoxy) is 1. The van der Waals surface area contributed by atoms with Gasteiger partial charge in [0.25, 0.3) is 0 Å². The van der Waals surface area contributed by atoms with Crippen LogP contribution in [0.4, 0.5) is 0 Å². The van der Waals surface area contributed by atoms with Crippen molar-refractivity contribution in [3.05, 3.63) is 48.5 Å². The van der Waals surface area contributed by atoms with E-state index < -0.39 is 25.4 Å². The lowest BCUT2D eigenvalue weighted by atomic mass is 10.2. The van der Waals surface area contributed by atoms with Crippen molar-refractivity contribution in [3.63, 3.8) is 0 Å². The molecule has 0 radical (unpaired) electrons. The lowest BCUT2D eigenvalue weighted by Crippen LogP contribution is -2.22. The zero-order chi connectivity index (χ0) is 19.6. The van der Waals surface area contributed by atoms with Crippen LogP contribution < -0.4 is 8.53 Å². The van der Waals surface area contributed by atoms with E-state index in [-0.39, 0.29) is 19.7 Å². The fraction of sp³-hybridized carbons (Fsp3) is 0.400. The number of hydrogen-bond acceptors (Lipinski definition) is 4. The van der Waals surface area contributed by atoms with Crippen LogP contribution in [0, 0.1) is 0 Å². The van der Waals surface area contributed by atoms with Crippen LogP contribution in [0.5, 0.6) is 11.5 Å². The number of benzene rings is 2. The number of rotatable bonds is 5. The van der Waals surface area contributed by atoms with Crippen LogP contribution >= 0.6 is 0 Å². The zero-order valence-electron chi connectivity index (χ0n) is 16.4. The molecule has 0 N–H and O–H groups in total. The fourth-order valence-corrected chi connectivity index (χ4v) is 4.24. The molecule has 0 saturated heterocycles. The van der Waals surface area contributed by atoms with Gasteiger partial charge in [0.2, 0.25) is 9.84 Å². The van der Waals surface area contributed by atoms with Gasteiger partial charge in [0.15, 0.2) is 0 Å². The van der Waals surface area contributed by atoms with Gasteiger partial charge in [-0.1, -0.05) is 20.8 Å². The molecule has 0 unspecified atom stereocenters. The molecular formula is C20H27AlO4S. The highest BCUT2D eigenvalue weighted by atomic mass is 32.2. The molecule has 26 heavy (non-hydrogen) atoms. The SMILES string of the molecule is CC(C)(C)Oc1ccc(S(=O)(=O)c2ccc([O][AlH][C](C)(C)C)cc2)cc1. The van der Waals surface area contributed by atoms with Gasteiger partial charge in [-0.2, -0.15) is 0 Å². The second kappa shape index (κ2) is 7.64. The highest BCUT2D eigenvalue weighted by molar-refractivity contribution is 7.91. The normalized spacial score (nSPS) is 12.5. The van der Waals surface area contributed by atoms with Crippen LogP contribution in [0.25, 0.3) is 0 Å². The molecule has 0 atom stereocenters. The molecule has 0 amide bonds. The van der Waals surface area contributed by atoms with Crippen molar-refractivity contribution in [1.29, 1.82) is 0 Å². The molecule has 0 aliphatic rings. The Morgan fingerprint density at radius 2 is 1.15 bits per heavy atom. The van der Waals surface area contributed by atoms with E-state index in [2.05, 4.69) is 20.8 Å². The van der Waals surface area contributed by atoms with E-state index in [1.807, 2.05) is 20.8 Å². The lowest BCUT2D eigenvalue weighted by molar-refractivity contribution is 0.131. The topological polar surface area (TPSA) is 52.6 Å². The van der Waals surface area contributed by atoms with Gasteiger partial charge in [-0.05, 0) is 73.6 Å². The minimum atomic E-state index is -3.56. The summed E-state index contributed by atoms with van der Waals surface area (Å²) >= 11 is -0.728. The van der Waals surface area contributed by atoms with Gasteiger partial charge in [-0.15, -0.1) is 0 Å². The third kappa shape index (κ3) is 6.05. The molecule has 2 rings (SSSR count). The quantitative estimate of drug-likeness (QED) is 0.698. The first-order chi connectivity index (χ1) is 11.9. The second-order valence-corrected chi connectivity index (χ2v) is 13.2. The molecule has 2 aromatic carbocycles. The number of hydrogen-bond donors (Lipinski definition) is 0. The van der Waals surface area contributed by atoms with Crippen LogP contribution in [-0.4, -0.2) is 29.6 Å². The maximum absolute atomic E-state index is 12.8. The van der Waals surface area contributed by atoms with Gasteiger partial charge >= 0.3 is 15.6 Å². The highest BCUT2D eigenvalue weighted by Gasteiger charge is 2.20. The molecule has 0 aromatic heterocycles. The summed E-state index contributed by atoms with van der Waals surface area (Å²) in [4.78, 5) is 0.503. The Hall–Kier alpha value is -1.48. The van der Waals surface area contributed by atoms with Gasteiger partial charge < -0.3 is 8.53 Å². The van der Waals surface area contributed by atoms with Crippen LogP contribution in [0.1, 0.15) is 41.5 Å². The number of sulfone groups is 1. The summed E-state index contributed by atoms with van der Waals surface area (Å²) < 4.78 is 37.3. The summed E-state index contributed by atoms with van der Waals surface area (Å²) in [6, 6.07) is 13.2. The fourth-order valence-electron chi connectivity index (χ4n) is 2.19. The summed E-state index contributed by atoms with van der Waals surface area (Å²) in [6.45, 7) is 12.3. The smallest absolute Gasteiger partial charge is 0.528 e. The first-order valence-electron chi connectivity index (χ1n) is 8.64. The van der Waals surface area contributed by atoms with Crippen LogP contribution in [0.2, 0.25) is 4.28 Å². The van der Waals surface area contributed by atoms with E-state index in [0.29, 0.717) is 5.75 Å². The van der Waals surface area contributed by atoms with Crippen LogP contribution in [0.15, 0.2) is 58.3 Å². The predicted molar refractivity (Wildman–Crippen MR) is 106 cm³/mol. The maximum atomic E-state index is 12.8. The molecule has 0 saturated carbocycles. The summed E-state index contributed by atoms with van der Waals surface area (Å²) in [6.07, 6.45) is 0. The van der Waals surface area contributed by atoms with Crippen molar-refractivity contribution in [1.82, 2.24) is 0 Å². The molecule has 6 heteroatoms. The Bertz CT molecular complexity index is 827. The molecule has 0 bridgehead atoms. The lowest BCUT2D eigenvalue weighted by Gasteiger charge is -2.21. The molecule has 2 aromatic rings. The summed E-state index contributed by atoms with van der Waals surface area (Å²) in [5, 5.41) is 0. The van der Waals surface area contributed by atoms with Gasteiger partial charge in [0.05, 0.1) is 15.5 Å². The Morgan fingerprint density at radius 1 is 0.731 bits per heavy atom. The largest absolute Gasteiger partial charge is 0.645 e. The van der Waals surface area contributed by atoms with Crippen molar-refractivity contribution in [2.24, 2.45) is 0 Å². The van der Waals surface area contributed by atoms with Crippen LogP contribution in [-0.2, 0) is 9.84 Å². The third-order valence-electron chi connectivity index (χ3n) is 3.36. The molecule has 0 aliphatic carbocycles. The molecular weight excluding hydrogens is 363 g/mol. The van der Waals surface area contributed by atoms with E-state index in [4.69, 9.17) is 8.53 Å². The van der Waals surface area contributed by atoms with Crippen molar-refractivity contribution in [2.75, 3.05) is 0 Å². The monoisotopic (exact) mass is 390 g/mol. The maximum Gasteiger partial charge on any atom is 0.528 e. The second-order valence-electron chi connectivity index (χ2n) is 8.51. The Kier molecular flexibility index (Phi) is 6.12. The molecule has 0 aliphatic heterocycles. The van der Waals surface area contributed by atoms with Crippen LogP contribution in [0.3, 0.4) is 0 Å². The summed E-state index contributed by atoms with van der Waals surface area (Å²) in [7, 11) is -3.56. The molecule has 0 heterocycles. The summed E-state index contributed by atoms with van der Waals surface area (Å²) in [5.41, 5.74) is -0.327. The predicted octanol–water partition coefficient (Wildman–Crippen LogP) is 4.65. The highest BCUT2D eigenvalue weighted by Crippen LogP contribution is 2.27. The van der Waals surface area contributed by atoms with Gasteiger partial charge in [0.1, 0.15) is 11.4 Å². The van der Waals surface area contributed by atoms with E-state index in [0.717, 1.165) is 5.75 Å². The average molecular weight is 390 g/mol. The molecule has 4 nitrogen and oxygen atoms in total. The third-order valence-corrected chi connectivity index (χ3v) is 6.49. The Balaban J connectivity index is 2.16. The van der Waals surface area contributed by atoms with E-state index in [1.54, 1.807) is 48.5 Å². The first-order valence-corrected chi connectivity index (χ1v) is 11.4. The van der Waals surface area contributed by atoms with Gasteiger partial charge in [0, 0.05) is 0 Å². The Labute approximate surface area is 163 Å². The minimum absolute atomic E-state index is 0.182. The van der Waals surface area contributed by atoms with Gasteiger partial charge in [-0.3, -0.25) is 0 Å². The molecule has 140 valence electrons. The summed E-state index contributed by atoms with van der Waals surface area (Å²) in [5.74, 6) is 1.37. The van der Waals surface area contributed by atoms with Gasteiger partial charge in [-0.25, -0.2) is 8.42 Å².